The van der Waals surface area contributed by atoms with Crippen molar-refractivity contribution in [2.45, 2.75) is 149 Å². The third-order valence-electron chi connectivity index (χ3n) is 10.5. The van der Waals surface area contributed by atoms with Crippen molar-refractivity contribution in [2.75, 3.05) is 27.1 Å². The van der Waals surface area contributed by atoms with Gasteiger partial charge in [0.05, 0.1) is 32.5 Å². The number of rotatable bonds is 28. The molecule has 0 heterocycles. The van der Waals surface area contributed by atoms with E-state index in [-0.39, 0.29) is 19.3 Å². The molecule has 0 aliphatic rings. The van der Waals surface area contributed by atoms with Gasteiger partial charge in [0.25, 0.3) is 0 Å². The molecule has 1 rings (SSSR count). The summed E-state index contributed by atoms with van der Waals surface area (Å²) in [6.07, 6.45) is 8.50. The highest BCUT2D eigenvalue weighted by Crippen LogP contribution is 2.41. The molecule has 0 amide bonds. The molecule has 288 valence electrons. The maximum atomic E-state index is 12.9. The van der Waals surface area contributed by atoms with E-state index >= 15 is 0 Å². The van der Waals surface area contributed by atoms with Gasteiger partial charge in [-0.2, -0.15) is 0 Å². The third-order valence-corrected chi connectivity index (χ3v) is 21.5. The number of benzene rings is 1. The van der Waals surface area contributed by atoms with Gasteiger partial charge in [-0.15, -0.1) is 0 Å². The van der Waals surface area contributed by atoms with Crippen LogP contribution in [0.3, 0.4) is 0 Å². The zero-order valence-corrected chi connectivity index (χ0v) is 37.1. The monoisotopic (exact) mass is 750 g/mol. The van der Waals surface area contributed by atoms with E-state index in [0.29, 0.717) is 13.2 Å². The topological polar surface area (TPSA) is 72.5 Å². The second kappa shape index (κ2) is 23.3. The summed E-state index contributed by atoms with van der Waals surface area (Å²) < 4.78 is 40.3. The minimum absolute atomic E-state index is 0.137. The second-order valence-corrected chi connectivity index (χ2v) is 30.1. The van der Waals surface area contributed by atoms with Crippen molar-refractivity contribution < 1.29 is 32.6 Å². The zero-order valence-electron chi connectivity index (χ0n) is 34.1. The molecule has 0 spiro atoms. The van der Waals surface area contributed by atoms with Crippen LogP contribution in [0.5, 0.6) is 5.75 Å². The predicted octanol–water partition coefficient (Wildman–Crippen LogP) is 10.7. The molecule has 10 heteroatoms. The summed E-state index contributed by atoms with van der Waals surface area (Å²) in [6.45, 7) is 27.9. The molecule has 1 aromatic carbocycles. The fraction of sp³-hybridized carbons (Fsp3) is 0.725. The molecule has 0 aliphatic heterocycles. The van der Waals surface area contributed by atoms with Crippen LogP contribution in [0.25, 0.3) is 0 Å². The van der Waals surface area contributed by atoms with Gasteiger partial charge in [0.15, 0.2) is 16.6 Å². The first-order valence-electron chi connectivity index (χ1n) is 19.3. The van der Waals surface area contributed by atoms with Crippen molar-refractivity contribution in [1.82, 2.24) is 0 Å². The zero-order chi connectivity index (χ0) is 37.8. The number of carbonyl (C=O) groups excluding carboxylic acids is 1. The Balaban J connectivity index is 4.07. The Hall–Kier alpha value is -1.38. The first kappa shape index (κ1) is 46.6. The lowest BCUT2D eigenvalue weighted by atomic mass is 9.83. The molecule has 0 bridgehead atoms. The van der Waals surface area contributed by atoms with Crippen LogP contribution in [0.1, 0.15) is 67.9 Å². The molecule has 7 nitrogen and oxygen atoms in total. The third kappa shape index (κ3) is 14.6. The van der Waals surface area contributed by atoms with Crippen LogP contribution in [0, 0.1) is 11.8 Å². The highest BCUT2D eigenvalue weighted by molar-refractivity contribution is 6.76. The lowest BCUT2D eigenvalue weighted by Crippen LogP contribution is -2.66. The fourth-order valence-corrected chi connectivity index (χ4v) is 13.1. The predicted molar refractivity (Wildman–Crippen MR) is 218 cm³/mol. The first-order chi connectivity index (χ1) is 23.7. The van der Waals surface area contributed by atoms with Crippen LogP contribution in [-0.4, -0.2) is 75.9 Å². The quantitative estimate of drug-likeness (QED) is 0.0278. The molecule has 50 heavy (non-hydrogen) atoms. The maximum Gasteiger partial charge on any atom is 0.193 e. The molecule has 0 saturated carbocycles. The Kier molecular flexibility index (Phi) is 21.8. The van der Waals surface area contributed by atoms with Gasteiger partial charge in [-0.1, -0.05) is 111 Å². The molecule has 0 fully saturated rings. The van der Waals surface area contributed by atoms with Crippen LogP contribution in [0.2, 0.25) is 61.9 Å². The summed E-state index contributed by atoms with van der Waals surface area (Å²) in [7, 11) is -4.21. The molecular formula is C40H74O7Si3. The molecular weight excluding hydrogens is 677 g/mol. The van der Waals surface area contributed by atoms with Gasteiger partial charge in [-0.05, 0) is 72.8 Å². The van der Waals surface area contributed by atoms with Crippen molar-refractivity contribution in [1.29, 1.82) is 0 Å². The van der Waals surface area contributed by atoms with Crippen molar-refractivity contribution in [2.24, 2.45) is 11.8 Å². The number of aldehydes is 1. The van der Waals surface area contributed by atoms with Crippen LogP contribution >= 0.6 is 0 Å². The van der Waals surface area contributed by atoms with Gasteiger partial charge in [-0.3, -0.25) is 0 Å². The van der Waals surface area contributed by atoms with Crippen LogP contribution in [0.4, 0.5) is 0 Å². The maximum absolute atomic E-state index is 12.9. The van der Waals surface area contributed by atoms with Gasteiger partial charge >= 0.3 is 0 Å². The molecule has 0 N–H and O–H groups in total. The largest absolute Gasteiger partial charge is 0.497 e. The van der Waals surface area contributed by atoms with Crippen molar-refractivity contribution in [3.63, 3.8) is 0 Å². The van der Waals surface area contributed by atoms with Crippen molar-refractivity contribution in [3.8, 4) is 5.75 Å². The average Bonchev–Trinajstić information content (AvgIpc) is 3.12. The van der Waals surface area contributed by atoms with E-state index in [2.05, 4.69) is 92.4 Å². The summed E-state index contributed by atoms with van der Waals surface area (Å²) in [5.74, 6) is 0.462. The minimum Gasteiger partial charge on any atom is -0.497 e. The van der Waals surface area contributed by atoms with E-state index in [9.17, 15) is 4.79 Å². The number of hydrogen-bond donors (Lipinski definition) is 0. The lowest BCUT2D eigenvalue weighted by molar-refractivity contribution is -0.200. The Bertz CT molecular complexity index is 1100. The second-order valence-electron chi connectivity index (χ2n) is 15.1. The molecule has 0 aromatic heterocycles. The van der Waals surface area contributed by atoms with E-state index in [4.69, 9.17) is 27.8 Å². The van der Waals surface area contributed by atoms with Gasteiger partial charge in [0, 0.05) is 20.6 Å². The lowest BCUT2D eigenvalue weighted by Gasteiger charge is -2.52. The summed E-state index contributed by atoms with van der Waals surface area (Å²) in [4.78, 5) is 12.9. The van der Waals surface area contributed by atoms with E-state index in [1.807, 2.05) is 38.1 Å². The summed E-state index contributed by atoms with van der Waals surface area (Å²) in [5, 5.41) is 0. The first-order valence-corrected chi connectivity index (χ1v) is 28.0. The van der Waals surface area contributed by atoms with Crippen molar-refractivity contribution in [3.05, 3.63) is 54.1 Å². The molecule has 0 radical (unpaired) electrons. The number of allylic oxidation sites excluding steroid dienone is 3. The number of methoxy groups -OCH3 is 1. The van der Waals surface area contributed by atoms with Crippen LogP contribution < -0.4 is 4.74 Å². The molecule has 0 saturated heterocycles. The average molecular weight is 751 g/mol. The summed E-state index contributed by atoms with van der Waals surface area (Å²) in [6, 6.07) is 14.7. The summed E-state index contributed by atoms with van der Waals surface area (Å²) in [5.41, 5.74) is -0.134. The minimum atomic E-state index is -2.38. The van der Waals surface area contributed by atoms with Gasteiger partial charge in [-0.25, -0.2) is 0 Å². The number of ether oxygens (including phenoxy) is 4. The standard InChI is InChI=1S/C40H74O7Si3/c1-14-21-34(8)22-27-38(46-49(15-2,16-3)17-4)40(47-50(18-5,19-6)20-7,32-44-33-43-28-29-48(11,12)13)39(35(9)30-41)45-31-36-23-25-37(42-10)26-24-36/h14,21-27,30,34-35,38-39H,15-20,28-29,31-33H2,1-13H3/b21-14-,27-22+/t34-,35+,38+,39-,40-/m0/s1. The number of carbonyl (C=O) groups is 1. The molecule has 0 unspecified atom stereocenters. The fourth-order valence-electron chi connectivity index (χ4n) is 6.47. The molecule has 0 aliphatic carbocycles. The normalized spacial score (nSPS) is 16.7. The van der Waals surface area contributed by atoms with E-state index in [1.54, 1.807) is 7.11 Å². The van der Waals surface area contributed by atoms with E-state index in [0.717, 1.165) is 59.9 Å². The summed E-state index contributed by atoms with van der Waals surface area (Å²) >= 11 is 0. The van der Waals surface area contributed by atoms with Crippen LogP contribution in [0.15, 0.2) is 48.6 Å². The number of hydrogen-bond acceptors (Lipinski definition) is 7. The Morgan fingerprint density at radius 3 is 1.86 bits per heavy atom. The van der Waals surface area contributed by atoms with E-state index in [1.165, 1.54) is 0 Å². The Morgan fingerprint density at radius 1 is 0.800 bits per heavy atom. The van der Waals surface area contributed by atoms with E-state index < -0.39 is 48.4 Å². The van der Waals surface area contributed by atoms with Gasteiger partial charge < -0.3 is 32.6 Å². The Morgan fingerprint density at radius 2 is 1.38 bits per heavy atom. The molecule has 5 atom stereocenters. The smallest absolute Gasteiger partial charge is 0.193 e. The highest BCUT2D eigenvalue weighted by atomic mass is 28.4. The van der Waals surface area contributed by atoms with Gasteiger partial charge in [0.2, 0.25) is 0 Å². The van der Waals surface area contributed by atoms with Crippen LogP contribution in [-0.2, 0) is 34.5 Å². The highest BCUT2D eigenvalue weighted by Gasteiger charge is 2.55. The SMILES string of the molecule is C/C=C\[C@H](C)/C=C/[C@@H](O[Si](CC)(CC)CC)[C@](COCOCC[Si](C)(C)C)(O[Si](CC)(CC)CC)[C@@H](OCc1ccc(OC)cc1)[C@H](C)C=O. The Labute approximate surface area is 310 Å². The van der Waals surface area contributed by atoms with Crippen molar-refractivity contribution >= 4 is 31.0 Å². The molecule has 1 aromatic rings. The van der Waals surface area contributed by atoms with Gasteiger partial charge in [0.1, 0.15) is 24.4 Å².